The Morgan fingerprint density at radius 2 is 2.33 bits per heavy atom. The molecule has 1 saturated heterocycles. The Hall–Kier alpha value is -0.610. The fourth-order valence-electron chi connectivity index (χ4n) is 2.48. The van der Waals surface area contributed by atoms with Crippen molar-refractivity contribution in [3.05, 3.63) is 34.9 Å². The fourth-order valence-corrected chi connectivity index (χ4v) is 2.68. The second-order valence-electron chi connectivity index (χ2n) is 4.70. The summed E-state index contributed by atoms with van der Waals surface area (Å²) in [4.78, 5) is 2.34. The van der Waals surface area contributed by atoms with Crippen LogP contribution in [0.15, 0.2) is 24.3 Å². The lowest BCUT2D eigenvalue weighted by molar-refractivity contribution is -0.0611. The van der Waals surface area contributed by atoms with Crippen LogP contribution in [0.1, 0.15) is 18.5 Å². The van der Waals surface area contributed by atoms with E-state index in [9.17, 15) is 0 Å². The Morgan fingerprint density at radius 1 is 1.50 bits per heavy atom. The van der Waals surface area contributed by atoms with E-state index in [1.165, 1.54) is 5.56 Å². The third-order valence-electron chi connectivity index (χ3n) is 3.39. The molecule has 100 valence electrons. The maximum absolute atomic E-state index is 6.09. The molecule has 18 heavy (non-hydrogen) atoms. The van der Waals surface area contributed by atoms with Gasteiger partial charge < -0.3 is 10.1 Å². The number of nitrogens with zero attached hydrogens (tertiary/aromatic N) is 1. The topological polar surface area (TPSA) is 24.5 Å². The van der Waals surface area contributed by atoms with Crippen LogP contribution >= 0.6 is 11.6 Å². The van der Waals surface area contributed by atoms with E-state index in [4.69, 9.17) is 16.3 Å². The van der Waals surface area contributed by atoms with Crippen molar-refractivity contribution in [3.8, 4) is 0 Å². The van der Waals surface area contributed by atoms with Gasteiger partial charge in [-0.1, -0.05) is 30.7 Å². The lowest BCUT2D eigenvalue weighted by Crippen LogP contribution is -2.47. The highest BCUT2D eigenvalue weighted by molar-refractivity contribution is 6.30. The summed E-state index contributed by atoms with van der Waals surface area (Å²) in [6, 6.07) is 8.35. The first-order valence-electron chi connectivity index (χ1n) is 6.50. The highest BCUT2D eigenvalue weighted by Crippen LogP contribution is 2.29. The largest absolute Gasteiger partial charge is 0.374 e. The zero-order valence-corrected chi connectivity index (χ0v) is 11.8. The standard InChI is InChI=1S/C14H21ClN2O/c1-3-16-10-13-14(17(2)7-8-18-13)11-5-4-6-12(15)9-11/h4-6,9,13-14,16H,3,7-8,10H2,1-2H3. The number of nitrogens with one attached hydrogen (secondary N) is 1. The molecule has 1 N–H and O–H groups in total. The van der Waals surface area contributed by atoms with Gasteiger partial charge in [0.05, 0.1) is 18.8 Å². The molecule has 1 aromatic rings. The quantitative estimate of drug-likeness (QED) is 0.907. The second-order valence-corrected chi connectivity index (χ2v) is 5.13. The monoisotopic (exact) mass is 268 g/mol. The third kappa shape index (κ3) is 3.23. The van der Waals surface area contributed by atoms with E-state index in [1.54, 1.807) is 0 Å². The van der Waals surface area contributed by atoms with Gasteiger partial charge in [-0.25, -0.2) is 0 Å². The Labute approximate surface area is 114 Å². The highest BCUT2D eigenvalue weighted by atomic mass is 35.5. The number of hydrogen-bond acceptors (Lipinski definition) is 3. The SMILES string of the molecule is CCNCC1OCCN(C)C1c1cccc(Cl)c1. The molecule has 2 atom stereocenters. The highest BCUT2D eigenvalue weighted by Gasteiger charge is 2.31. The molecule has 1 aliphatic rings. The number of ether oxygens (including phenoxy) is 1. The van der Waals surface area contributed by atoms with Crippen molar-refractivity contribution in [2.45, 2.75) is 19.1 Å². The van der Waals surface area contributed by atoms with Crippen molar-refractivity contribution in [2.75, 3.05) is 33.3 Å². The van der Waals surface area contributed by atoms with Crippen LogP contribution in [0.25, 0.3) is 0 Å². The summed E-state index contributed by atoms with van der Waals surface area (Å²) in [5.41, 5.74) is 1.23. The van der Waals surface area contributed by atoms with E-state index >= 15 is 0 Å². The van der Waals surface area contributed by atoms with E-state index in [0.717, 1.165) is 31.3 Å². The van der Waals surface area contributed by atoms with Crippen LogP contribution in [0, 0.1) is 0 Å². The number of hydrogen-bond donors (Lipinski definition) is 1. The summed E-state index contributed by atoms with van der Waals surface area (Å²) in [7, 11) is 2.15. The van der Waals surface area contributed by atoms with Crippen molar-refractivity contribution in [1.82, 2.24) is 10.2 Å². The molecule has 4 heteroatoms. The molecule has 1 aromatic carbocycles. The van der Waals surface area contributed by atoms with Crippen molar-refractivity contribution in [1.29, 1.82) is 0 Å². The molecule has 0 spiro atoms. The zero-order valence-electron chi connectivity index (χ0n) is 11.0. The maximum atomic E-state index is 6.09. The van der Waals surface area contributed by atoms with E-state index in [0.29, 0.717) is 0 Å². The minimum absolute atomic E-state index is 0.183. The van der Waals surface area contributed by atoms with E-state index in [2.05, 4.69) is 30.3 Å². The predicted molar refractivity (Wildman–Crippen MR) is 75.1 cm³/mol. The van der Waals surface area contributed by atoms with Crippen LogP contribution in [-0.2, 0) is 4.74 Å². The Kier molecular flexibility index (Phi) is 5.01. The van der Waals surface area contributed by atoms with Crippen LogP contribution in [0.3, 0.4) is 0 Å². The zero-order chi connectivity index (χ0) is 13.0. The molecule has 1 aliphatic heterocycles. The van der Waals surface area contributed by atoms with Crippen LogP contribution < -0.4 is 5.32 Å². The van der Waals surface area contributed by atoms with Gasteiger partial charge in [-0.2, -0.15) is 0 Å². The summed E-state index contributed by atoms with van der Waals surface area (Å²) >= 11 is 6.09. The molecule has 0 amide bonds. The van der Waals surface area contributed by atoms with E-state index in [1.807, 2.05) is 18.2 Å². The lowest BCUT2D eigenvalue weighted by Gasteiger charge is -2.39. The second kappa shape index (κ2) is 6.53. The number of rotatable bonds is 4. The fraction of sp³-hybridized carbons (Fsp3) is 0.571. The van der Waals surface area contributed by atoms with Gasteiger partial charge in [0.25, 0.3) is 0 Å². The first kappa shape index (κ1) is 13.8. The van der Waals surface area contributed by atoms with E-state index in [-0.39, 0.29) is 12.1 Å². The molecule has 2 rings (SSSR count). The van der Waals surface area contributed by atoms with Crippen LogP contribution in [0.5, 0.6) is 0 Å². The van der Waals surface area contributed by atoms with Crippen molar-refractivity contribution < 1.29 is 4.74 Å². The molecule has 1 heterocycles. The molecule has 3 nitrogen and oxygen atoms in total. The maximum Gasteiger partial charge on any atom is 0.0896 e. The number of morpholine rings is 1. The van der Waals surface area contributed by atoms with Gasteiger partial charge in [-0.15, -0.1) is 0 Å². The lowest BCUT2D eigenvalue weighted by atomic mass is 9.98. The van der Waals surface area contributed by atoms with E-state index < -0.39 is 0 Å². The summed E-state index contributed by atoms with van der Waals surface area (Å²) in [5, 5.41) is 4.15. The number of halogens is 1. The van der Waals surface area contributed by atoms with Gasteiger partial charge >= 0.3 is 0 Å². The molecule has 0 bridgehead atoms. The van der Waals surface area contributed by atoms with Gasteiger partial charge in [0, 0.05) is 18.1 Å². The molecular weight excluding hydrogens is 248 g/mol. The average Bonchev–Trinajstić information content (AvgIpc) is 2.36. The van der Waals surface area contributed by atoms with Gasteiger partial charge in [0.1, 0.15) is 0 Å². The molecule has 0 radical (unpaired) electrons. The Bertz CT molecular complexity index is 386. The van der Waals surface area contributed by atoms with Gasteiger partial charge in [-0.3, -0.25) is 4.90 Å². The molecule has 0 saturated carbocycles. The number of likely N-dealkylation sites (N-methyl/N-ethyl adjacent to an activating group) is 2. The minimum atomic E-state index is 0.183. The minimum Gasteiger partial charge on any atom is -0.374 e. The normalized spacial score (nSPS) is 25.3. The van der Waals surface area contributed by atoms with Gasteiger partial charge in [0.15, 0.2) is 0 Å². The summed E-state index contributed by atoms with van der Waals surface area (Å²) in [5.74, 6) is 0. The van der Waals surface area contributed by atoms with Crippen molar-refractivity contribution >= 4 is 11.6 Å². The summed E-state index contributed by atoms with van der Waals surface area (Å²) in [6.45, 7) is 5.70. The average molecular weight is 269 g/mol. The molecule has 2 unspecified atom stereocenters. The first-order chi connectivity index (χ1) is 8.72. The van der Waals surface area contributed by atoms with Crippen LogP contribution in [0.4, 0.5) is 0 Å². The smallest absolute Gasteiger partial charge is 0.0896 e. The Morgan fingerprint density at radius 3 is 3.06 bits per heavy atom. The predicted octanol–water partition coefficient (Wildman–Crippen LogP) is 2.32. The molecule has 0 aromatic heterocycles. The van der Waals surface area contributed by atoms with Crippen LogP contribution in [0.2, 0.25) is 5.02 Å². The summed E-state index contributed by atoms with van der Waals surface area (Å²) < 4.78 is 5.91. The Balaban J connectivity index is 2.18. The van der Waals surface area contributed by atoms with Crippen molar-refractivity contribution in [3.63, 3.8) is 0 Å². The molecule has 0 aliphatic carbocycles. The van der Waals surface area contributed by atoms with Crippen LogP contribution in [-0.4, -0.2) is 44.3 Å². The number of benzene rings is 1. The first-order valence-corrected chi connectivity index (χ1v) is 6.88. The molecule has 1 fully saturated rings. The van der Waals surface area contributed by atoms with Gasteiger partial charge in [0.2, 0.25) is 0 Å². The molecular formula is C14H21ClN2O. The summed E-state index contributed by atoms with van der Waals surface area (Å²) in [6.07, 6.45) is 0.183. The van der Waals surface area contributed by atoms with Crippen molar-refractivity contribution in [2.24, 2.45) is 0 Å². The van der Waals surface area contributed by atoms with Gasteiger partial charge in [-0.05, 0) is 31.3 Å². The third-order valence-corrected chi connectivity index (χ3v) is 3.62.